The standard InChI is InChI=1S/C18H22FN3O3S2/c19-15-7-1-2-8-16(15)21-18(23)20-11-10-14-6-3-4-12-22(14)27(24,25)17-9-5-13-26-17/h1-2,5,7-9,13-14H,3-4,6,10-12H2,(H2,20,21,23). The summed E-state index contributed by atoms with van der Waals surface area (Å²) in [6, 6.07) is 8.61. The summed E-state index contributed by atoms with van der Waals surface area (Å²) in [5.74, 6) is -0.506. The van der Waals surface area contributed by atoms with Crippen LogP contribution in [-0.4, -0.2) is 37.9 Å². The SMILES string of the molecule is O=C(NCCC1CCCCN1S(=O)(=O)c1cccs1)Nc1ccccc1F. The van der Waals surface area contributed by atoms with E-state index < -0.39 is 21.9 Å². The van der Waals surface area contributed by atoms with E-state index in [0.717, 1.165) is 19.3 Å². The highest BCUT2D eigenvalue weighted by atomic mass is 32.2. The third-order valence-corrected chi connectivity index (χ3v) is 7.84. The van der Waals surface area contributed by atoms with Crippen molar-refractivity contribution >= 4 is 33.1 Å². The van der Waals surface area contributed by atoms with Gasteiger partial charge >= 0.3 is 6.03 Å². The van der Waals surface area contributed by atoms with E-state index in [0.29, 0.717) is 23.7 Å². The highest BCUT2D eigenvalue weighted by Crippen LogP contribution is 2.29. The van der Waals surface area contributed by atoms with Gasteiger partial charge in [0.05, 0.1) is 5.69 Å². The number of amides is 2. The monoisotopic (exact) mass is 411 g/mol. The van der Waals surface area contributed by atoms with Crippen molar-refractivity contribution in [2.24, 2.45) is 0 Å². The normalized spacial score (nSPS) is 18.2. The Labute approximate surface area is 162 Å². The number of nitrogens with zero attached hydrogens (tertiary/aromatic N) is 1. The second kappa shape index (κ2) is 8.81. The summed E-state index contributed by atoms with van der Waals surface area (Å²) in [6.07, 6.45) is 3.07. The maximum atomic E-state index is 13.6. The van der Waals surface area contributed by atoms with Gasteiger partial charge in [-0.2, -0.15) is 4.31 Å². The molecule has 27 heavy (non-hydrogen) atoms. The van der Waals surface area contributed by atoms with E-state index in [2.05, 4.69) is 10.6 Å². The molecule has 1 aliphatic heterocycles. The number of rotatable bonds is 6. The van der Waals surface area contributed by atoms with Gasteiger partial charge in [-0.15, -0.1) is 11.3 Å². The molecule has 1 aromatic heterocycles. The summed E-state index contributed by atoms with van der Waals surface area (Å²) >= 11 is 1.21. The van der Waals surface area contributed by atoms with Crippen LogP contribution >= 0.6 is 11.3 Å². The second-order valence-electron chi connectivity index (χ2n) is 6.35. The van der Waals surface area contributed by atoms with Crippen LogP contribution in [0.25, 0.3) is 0 Å². The molecule has 1 saturated heterocycles. The van der Waals surface area contributed by atoms with Gasteiger partial charge in [-0.1, -0.05) is 24.6 Å². The molecule has 2 N–H and O–H groups in total. The Bertz CT molecular complexity index is 872. The summed E-state index contributed by atoms with van der Waals surface area (Å²) in [6.45, 7) is 0.799. The van der Waals surface area contributed by atoms with Gasteiger partial charge in [-0.3, -0.25) is 0 Å². The number of urea groups is 1. The van der Waals surface area contributed by atoms with Crippen molar-refractivity contribution in [3.05, 3.63) is 47.6 Å². The molecule has 1 aromatic carbocycles. The van der Waals surface area contributed by atoms with E-state index in [1.165, 1.54) is 23.5 Å². The minimum atomic E-state index is -3.50. The summed E-state index contributed by atoms with van der Waals surface area (Å²) < 4.78 is 41.1. The topological polar surface area (TPSA) is 78.5 Å². The van der Waals surface area contributed by atoms with Crippen LogP contribution in [0.2, 0.25) is 0 Å². The lowest BCUT2D eigenvalue weighted by atomic mass is 10.0. The Morgan fingerprint density at radius 2 is 2.04 bits per heavy atom. The van der Waals surface area contributed by atoms with Crippen molar-refractivity contribution in [2.45, 2.75) is 35.9 Å². The van der Waals surface area contributed by atoms with Crippen LogP contribution in [0.5, 0.6) is 0 Å². The van der Waals surface area contributed by atoms with E-state index in [4.69, 9.17) is 0 Å². The number of hydrogen-bond donors (Lipinski definition) is 2. The third-order valence-electron chi connectivity index (χ3n) is 4.52. The molecule has 9 heteroatoms. The van der Waals surface area contributed by atoms with Crippen molar-refractivity contribution in [3.63, 3.8) is 0 Å². The predicted octanol–water partition coefficient (Wildman–Crippen LogP) is 3.64. The lowest BCUT2D eigenvalue weighted by Gasteiger charge is -2.34. The fraction of sp³-hybridized carbons (Fsp3) is 0.389. The molecule has 146 valence electrons. The molecule has 2 aromatic rings. The molecule has 0 saturated carbocycles. The number of anilines is 1. The van der Waals surface area contributed by atoms with Crippen LogP contribution in [0.3, 0.4) is 0 Å². The zero-order chi connectivity index (χ0) is 19.3. The maximum Gasteiger partial charge on any atom is 0.319 e. The molecule has 1 aliphatic rings. The van der Waals surface area contributed by atoms with E-state index in [1.807, 2.05) is 0 Å². The van der Waals surface area contributed by atoms with Gasteiger partial charge in [-0.25, -0.2) is 17.6 Å². The third kappa shape index (κ3) is 4.85. The number of hydrogen-bond acceptors (Lipinski definition) is 4. The molecule has 1 fully saturated rings. The first-order valence-corrected chi connectivity index (χ1v) is 11.1. The molecule has 0 spiro atoms. The number of sulfonamides is 1. The number of para-hydroxylation sites is 1. The van der Waals surface area contributed by atoms with Gasteiger partial charge in [0, 0.05) is 19.1 Å². The fourth-order valence-corrected chi connectivity index (χ4v) is 6.03. The fourth-order valence-electron chi connectivity index (χ4n) is 3.19. The number of piperidine rings is 1. The highest BCUT2D eigenvalue weighted by Gasteiger charge is 2.33. The molecule has 1 atom stereocenters. The van der Waals surface area contributed by atoms with Gasteiger partial charge in [-0.05, 0) is 42.8 Å². The van der Waals surface area contributed by atoms with Crippen LogP contribution in [0.1, 0.15) is 25.7 Å². The first kappa shape index (κ1) is 19.8. The second-order valence-corrected chi connectivity index (χ2v) is 9.41. The van der Waals surface area contributed by atoms with Crippen molar-refractivity contribution in [2.75, 3.05) is 18.4 Å². The van der Waals surface area contributed by atoms with Gasteiger partial charge in [0.15, 0.2) is 0 Å². The van der Waals surface area contributed by atoms with E-state index >= 15 is 0 Å². The average Bonchev–Trinajstić information content (AvgIpc) is 3.20. The van der Waals surface area contributed by atoms with Crippen LogP contribution in [0, 0.1) is 5.82 Å². The number of nitrogens with one attached hydrogen (secondary N) is 2. The van der Waals surface area contributed by atoms with E-state index in [-0.39, 0.29) is 11.7 Å². The molecule has 3 rings (SSSR count). The molecule has 2 heterocycles. The Kier molecular flexibility index (Phi) is 6.46. The maximum absolute atomic E-state index is 13.6. The highest BCUT2D eigenvalue weighted by molar-refractivity contribution is 7.91. The zero-order valence-corrected chi connectivity index (χ0v) is 16.4. The first-order valence-electron chi connectivity index (χ1n) is 8.83. The lowest BCUT2D eigenvalue weighted by Crippen LogP contribution is -2.45. The van der Waals surface area contributed by atoms with Gasteiger partial charge in [0.25, 0.3) is 10.0 Å². The van der Waals surface area contributed by atoms with E-state index in [1.54, 1.807) is 34.0 Å². The summed E-state index contributed by atoms with van der Waals surface area (Å²) in [5, 5.41) is 6.88. The van der Waals surface area contributed by atoms with Gasteiger partial charge in [0.1, 0.15) is 10.0 Å². The molecule has 0 aliphatic carbocycles. The Morgan fingerprint density at radius 3 is 2.78 bits per heavy atom. The Morgan fingerprint density at radius 1 is 1.22 bits per heavy atom. The minimum Gasteiger partial charge on any atom is -0.338 e. The summed E-state index contributed by atoms with van der Waals surface area (Å²) in [5.41, 5.74) is 0.106. The number of carbonyl (C=O) groups excluding carboxylic acids is 1. The lowest BCUT2D eigenvalue weighted by molar-refractivity contribution is 0.234. The van der Waals surface area contributed by atoms with Crippen molar-refractivity contribution in [3.8, 4) is 0 Å². The van der Waals surface area contributed by atoms with Crippen LogP contribution in [0.15, 0.2) is 46.0 Å². The van der Waals surface area contributed by atoms with Crippen molar-refractivity contribution in [1.82, 2.24) is 9.62 Å². The molecule has 0 radical (unpaired) electrons. The van der Waals surface area contributed by atoms with Gasteiger partial charge in [0.2, 0.25) is 0 Å². The average molecular weight is 412 g/mol. The minimum absolute atomic E-state index is 0.106. The molecule has 0 bridgehead atoms. The number of carbonyl (C=O) groups is 1. The zero-order valence-electron chi connectivity index (χ0n) is 14.7. The van der Waals surface area contributed by atoms with Crippen LogP contribution in [-0.2, 0) is 10.0 Å². The summed E-state index contributed by atoms with van der Waals surface area (Å²) in [4.78, 5) is 12.0. The first-order chi connectivity index (χ1) is 13.0. The quantitative estimate of drug-likeness (QED) is 0.762. The molecule has 6 nitrogen and oxygen atoms in total. The Balaban J connectivity index is 1.56. The number of benzene rings is 1. The van der Waals surface area contributed by atoms with Gasteiger partial charge < -0.3 is 10.6 Å². The smallest absolute Gasteiger partial charge is 0.319 e. The largest absolute Gasteiger partial charge is 0.338 e. The van der Waals surface area contributed by atoms with E-state index in [9.17, 15) is 17.6 Å². The predicted molar refractivity (Wildman–Crippen MR) is 104 cm³/mol. The summed E-state index contributed by atoms with van der Waals surface area (Å²) in [7, 11) is -3.50. The van der Waals surface area contributed by atoms with Crippen LogP contribution in [0.4, 0.5) is 14.9 Å². The Hall–Kier alpha value is -1.97. The van der Waals surface area contributed by atoms with Crippen molar-refractivity contribution in [1.29, 1.82) is 0 Å². The molecular formula is C18H22FN3O3S2. The van der Waals surface area contributed by atoms with Crippen molar-refractivity contribution < 1.29 is 17.6 Å². The molecule has 1 unspecified atom stereocenters. The molecular weight excluding hydrogens is 389 g/mol. The number of thiophene rings is 1. The number of halogens is 1. The molecule has 2 amide bonds. The van der Waals surface area contributed by atoms with Crippen LogP contribution < -0.4 is 10.6 Å².